The van der Waals surface area contributed by atoms with Crippen LogP contribution in [0.2, 0.25) is 0 Å². The van der Waals surface area contributed by atoms with Crippen molar-refractivity contribution in [3.05, 3.63) is 63.7 Å². The van der Waals surface area contributed by atoms with Crippen LogP contribution < -0.4 is 5.32 Å². The van der Waals surface area contributed by atoms with E-state index in [4.69, 9.17) is 9.73 Å². The second-order valence-corrected chi connectivity index (χ2v) is 9.35. The summed E-state index contributed by atoms with van der Waals surface area (Å²) >= 11 is 2.32. The van der Waals surface area contributed by atoms with E-state index in [0.29, 0.717) is 32.7 Å². The average Bonchev–Trinajstić information content (AvgIpc) is 2.72. The van der Waals surface area contributed by atoms with Crippen molar-refractivity contribution >= 4 is 40.3 Å². The lowest BCUT2D eigenvalue weighted by Crippen LogP contribution is -2.53. The molecule has 1 aliphatic heterocycles. The Morgan fingerprint density at radius 1 is 1.00 bits per heavy atom. The standard InChI is InChI=1S/C23H29IN4O2/c1-23(2,3)30-22(29)28-15-13-27(14-16-28)21(25-17-18-9-5-4-6-10-18)26-20-12-8-7-11-19(20)24/h4-12H,13-17H2,1-3H3,(H,25,26). The molecule has 1 aliphatic rings. The predicted octanol–water partition coefficient (Wildman–Crippen LogP) is 4.81. The number of nitrogens with one attached hydrogen (secondary N) is 1. The Labute approximate surface area is 192 Å². The molecule has 0 bridgehead atoms. The number of anilines is 1. The van der Waals surface area contributed by atoms with Crippen molar-refractivity contribution in [2.45, 2.75) is 32.9 Å². The minimum atomic E-state index is -0.484. The Balaban J connectivity index is 1.71. The van der Waals surface area contributed by atoms with Crippen LogP contribution in [0, 0.1) is 3.57 Å². The van der Waals surface area contributed by atoms with Crippen LogP contribution in [-0.2, 0) is 11.3 Å². The number of amides is 1. The van der Waals surface area contributed by atoms with Crippen LogP contribution in [0.4, 0.5) is 10.5 Å². The number of halogens is 1. The Morgan fingerprint density at radius 3 is 2.23 bits per heavy atom. The molecule has 0 aromatic heterocycles. The molecule has 7 heteroatoms. The minimum Gasteiger partial charge on any atom is -0.444 e. The van der Waals surface area contributed by atoms with Crippen LogP contribution in [0.5, 0.6) is 0 Å². The molecule has 1 heterocycles. The van der Waals surface area contributed by atoms with Crippen LogP contribution >= 0.6 is 22.6 Å². The van der Waals surface area contributed by atoms with Crippen molar-refractivity contribution < 1.29 is 9.53 Å². The van der Waals surface area contributed by atoms with Gasteiger partial charge in [-0.15, -0.1) is 0 Å². The number of hydrogen-bond donors (Lipinski definition) is 1. The van der Waals surface area contributed by atoms with Gasteiger partial charge in [-0.25, -0.2) is 9.79 Å². The number of benzene rings is 2. The topological polar surface area (TPSA) is 57.2 Å². The number of rotatable bonds is 3. The maximum absolute atomic E-state index is 12.4. The molecule has 0 radical (unpaired) electrons. The van der Waals surface area contributed by atoms with Crippen molar-refractivity contribution in [1.29, 1.82) is 0 Å². The van der Waals surface area contributed by atoms with Gasteiger partial charge >= 0.3 is 6.09 Å². The first kappa shape index (κ1) is 22.4. The fourth-order valence-corrected chi connectivity index (χ4v) is 3.60. The summed E-state index contributed by atoms with van der Waals surface area (Å²) in [5, 5.41) is 3.50. The summed E-state index contributed by atoms with van der Waals surface area (Å²) in [6.45, 7) is 8.87. The quantitative estimate of drug-likeness (QED) is 0.359. The Kier molecular flexibility index (Phi) is 7.58. The molecule has 30 heavy (non-hydrogen) atoms. The third-order valence-electron chi connectivity index (χ3n) is 4.61. The summed E-state index contributed by atoms with van der Waals surface area (Å²) in [5.41, 5.74) is 1.70. The zero-order valence-corrected chi connectivity index (χ0v) is 19.9. The van der Waals surface area contributed by atoms with E-state index in [-0.39, 0.29) is 6.09 Å². The van der Waals surface area contributed by atoms with E-state index in [1.165, 1.54) is 0 Å². The first-order chi connectivity index (χ1) is 14.3. The maximum atomic E-state index is 12.4. The van der Waals surface area contributed by atoms with E-state index in [1.54, 1.807) is 4.90 Å². The van der Waals surface area contributed by atoms with Crippen molar-refractivity contribution in [2.24, 2.45) is 4.99 Å². The SMILES string of the molecule is CC(C)(C)OC(=O)N1CCN(C(=NCc2ccccc2)Nc2ccccc2I)CC1. The highest BCUT2D eigenvalue weighted by Crippen LogP contribution is 2.19. The molecule has 1 fully saturated rings. The lowest BCUT2D eigenvalue weighted by Gasteiger charge is -2.37. The number of para-hydroxylation sites is 1. The molecule has 0 saturated carbocycles. The number of ether oxygens (including phenoxy) is 1. The molecular weight excluding hydrogens is 491 g/mol. The van der Waals surface area contributed by atoms with Gasteiger partial charge in [0, 0.05) is 29.7 Å². The first-order valence-electron chi connectivity index (χ1n) is 10.1. The van der Waals surface area contributed by atoms with Crippen LogP contribution in [0.3, 0.4) is 0 Å². The third-order valence-corrected chi connectivity index (χ3v) is 5.55. The van der Waals surface area contributed by atoms with Crippen molar-refractivity contribution in [2.75, 3.05) is 31.5 Å². The van der Waals surface area contributed by atoms with Crippen molar-refractivity contribution in [3.63, 3.8) is 0 Å². The highest BCUT2D eigenvalue weighted by molar-refractivity contribution is 14.1. The Hall–Kier alpha value is -2.29. The summed E-state index contributed by atoms with van der Waals surface area (Å²) in [4.78, 5) is 21.2. The van der Waals surface area contributed by atoms with E-state index in [2.05, 4.69) is 57.1 Å². The van der Waals surface area contributed by atoms with Gasteiger partial charge in [0.15, 0.2) is 5.96 Å². The zero-order chi connectivity index (χ0) is 21.6. The van der Waals surface area contributed by atoms with Gasteiger partial charge in [-0.3, -0.25) is 0 Å². The molecule has 0 unspecified atom stereocenters. The van der Waals surface area contributed by atoms with Gasteiger partial charge in [0.1, 0.15) is 5.60 Å². The van der Waals surface area contributed by atoms with Crippen molar-refractivity contribution in [3.8, 4) is 0 Å². The lowest BCUT2D eigenvalue weighted by molar-refractivity contribution is 0.0187. The highest BCUT2D eigenvalue weighted by Gasteiger charge is 2.27. The zero-order valence-electron chi connectivity index (χ0n) is 17.8. The van der Waals surface area contributed by atoms with E-state index in [0.717, 1.165) is 20.8 Å². The lowest BCUT2D eigenvalue weighted by atomic mass is 10.2. The number of piperazine rings is 1. The molecule has 1 N–H and O–H groups in total. The summed E-state index contributed by atoms with van der Waals surface area (Å²) in [6.07, 6.45) is -0.254. The molecule has 2 aromatic rings. The van der Waals surface area contributed by atoms with Crippen LogP contribution in [-0.4, -0.2) is 53.6 Å². The fraction of sp³-hybridized carbons (Fsp3) is 0.391. The van der Waals surface area contributed by atoms with Crippen LogP contribution in [0.1, 0.15) is 26.3 Å². The number of guanidine groups is 1. The smallest absolute Gasteiger partial charge is 0.410 e. The maximum Gasteiger partial charge on any atom is 0.410 e. The fourth-order valence-electron chi connectivity index (χ4n) is 3.08. The van der Waals surface area contributed by atoms with E-state index < -0.39 is 5.60 Å². The largest absolute Gasteiger partial charge is 0.444 e. The summed E-state index contributed by atoms with van der Waals surface area (Å²) in [5.74, 6) is 0.826. The van der Waals surface area contributed by atoms with Gasteiger partial charge < -0.3 is 19.9 Å². The number of aliphatic imine (C=N–C) groups is 1. The molecule has 0 aliphatic carbocycles. The number of carbonyl (C=O) groups is 1. The van der Waals surface area contributed by atoms with E-state index >= 15 is 0 Å². The monoisotopic (exact) mass is 520 g/mol. The Bertz CT molecular complexity index is 872. The molecule has 1 amide bonds. The van der Waals surface area contributed by atoms with Gasteiger partial charge in [0.05, 0.1) is 12.2 Å². The molecule has 2 aromatic carbocycles. The van der Waals surface area contributed by atoms with Gasteiger partial charge in [-0.2, -0.15) is 0 Å². The predicted molar refractivity (Wildman–Crippen MR) is 130 cm³/mol. The second kappa shape index (κ2) is 10.1. The molecule has 0 atom stereocenters. The van der Waals surface area contributed by atoms with Gasteiger partial charge in [0.25, 0.3) is 0 Å². The Morgan fingerprint density at radius 2 is 1.60 bits per heavy atom. The normalized spacial score (nSPS) is 15.1. The summed E-state index contributed by atoms with van der Waals surface area (Å²) in [7, 11) is 0. The number of carbonyl (C=O) groups excluding carboxylic acids is 1. The molecule has 6 nitrogen and oxygen atoms in total. The second-order valence-electron chi connectivity index (χ2n) is 8.18. The van der Waals surface area contributed by atoms with Crippen LogP contribution in [0.15, 0.2) is 59.6 Å². The van der Waals surface area contributed by atoms with Crippen LogP contribution in [0.25, 0.3) is 0 Å². The summed E-state index contributed by atoms with van der Waals surface area (Å²) < 4.78 is 6.65. The van der Waals surface area contributed by atoms with Gasteiger partial charge in [-0.1, -0.05) is 42.5 Å². The number of nitrogens with zero attached hydrogens (tertiary/aromatic N) is 3. The third kappa shape index (κ3) is 6.62. The minimum absolute atomic E-state index is 0.254. The molecule has 1 saturated heterocycles. The van der Waals surface area contributed by atoms with E-state index in [9.17, 15) is 4.79 Å². The summed E-state index contributed by atoms with van der Waals surface area (Å²) in [6, 6.07) is 18.4. The van der Waals surface area contributed by atoms with Gasteiger partial charge in [0.2, 0.25) is 0 Å². The highest BCUT2D eigenvalue weighted by atomic mass is 127. The molecule has 160 valence electrons. The molecular formula is C23H29IN4O2. The molecule has 0 spiro atoms. The van der Waals surface area contributed by atoms with Gasteiger partial charge in [-0.05, 0) is 61.1 Å². The van der Waals surface area contributed by atoms with E-state index in [1.807, 2.05) is 51.1 Å². The average molecular weight is 520 g/mol. The number of hydrogen-bond acceptors (Lipinski definition) is 3. The first-order valence-corrected chi connectivity index (χ1v) is 11.2. The molecule has 3 rings (SSSR count). The van der Waals surface area contributed by atoms with Crippen molar-refractivity contribution in [1.82, 2.24) is 9.80 Å².